The van der Waals surface area contributed by atoms with Crippen LogP contribution in [0.15, 0.2) is 0 Å². The van der Waals surface area contributed by atoms with Crippen molar-refractivity contribution in [2.45, 2.75) is 67.0 Å². The van der Waals surface area contributed by atoms with E-state index in [1.54, 1.807) is 0 Å². The van der Waals surface area contributed by atoms with Crippen molar-refractivity contribution in [1.82, 2.24) is 0 Å². The highest BCUT2D eigenvalue weighted by molar-refractivity contribution is 8.04. The van der Waals surface area contributed by atoms with Gasteiger partial charge in [-0.25, -0.2) is 0 Å². The Labute approximate surface area is 152 Å². The maximum Gasteiger partial charge on any atom is 0.168 e. The molecular formula is C18H26O4S2. The van der Waals surface area contributed by atoms with E-state index in [-0.39, 0.29) is 15.9 Å². The van der Waals surface area contributed by atoms with E-state index in [9.17, 15) is 4.79 Å². The fourth-order valence-corrected chi connectivity index (χ4v) is 9.54. The third-order valence-electron chi connectivity index (χ3n) is 7.20. The Morgan fingerprint density at radius 3 is 2.71 bits per heavy atom. The Morgan fingerprint density at radius 2 is 1.92 bits per heavy atom. The summed E-state index contributed by atoms with van der Waals surface area (Å²) in [7, 11) is 0. The zero-order valence-electron chi connectivity index (χ0n) is 14.3. The molecule has 0 unspecified atom stereocenters. The van der Waals surface area contributed by atoms with E-state index in [4.69, 9.17) is 14.2 Å². The highest BCUT2D eigenvalue weighted by Crippen LogP contribution is 2.69. The summed E-state index contributed by atoms with van der Waals surface area (Å²) in [4.78, 5) is 12.4. The third-order valence-corrected chi connectivity index (χ3v) is 10.5. The standard InChI is InChI=1S/C18H26O4S2/c1-15-3-6-18(22-15)14(23-9-2-10-24-18)13-11-17(20-7-8-21-17)5-4-16(13,15)12-19/h12-14H,2-11H2,1H3/t13-,14+,15+,16-,18+/m1/s1. The van der Waals surface area contributed by atoms with Crippen LogP contribution in [0.1, 0.15) is 45.4 Å². The molecule has 4 heterocycles. The second-order valence-corrected chi connectivity index (χ2v) is 10.9. The van der Waals surface area contributed by atoms with Crippen molar-refractivity contribution in [3.63, 3.8) is 0 Å². The number of thioether (sulfide) groups is 2. The molecule has 5 atom stereocenters. The van der Waals surface area contributed by atoms with Gasteiger partial charge in [-0.3, -0.25) is 0 Å². The van der Waals surface area contributed by atoms with Gasteiger partial charge >= 0.3 is 0 Å². The first-order chi connectivity index (χ1) is 11.6. The predicted octanol–water partition coefficient (Wildman–Crippen LogP) is 3.23. The number of fused-ring (bicyclic) bond motifs is 4. The molecule has 1 saturated carbocycles. The van der Waals surface area contributed by atoms with Gasteiger partial charge in [0.15, 0.2) is 5.79 Å². The summed E-state index contributed by atoms with van der Waals surface area (Å²) in [5, 5.41) is 0.371. The van der Waals surface area contributed by atoms with E-state index in [1.165, 1.54) is 24.2 Å². The van der Waals surface area contributed by atoms with Crippen LogP contribution in [0.4, 0.5) is 0 Å². The number of carbonyl (C=O) groups excluding carboxylic acids is 1. The van der Waals surface area contributed by atoms with Crippen LogP contribution in [0.3, 0.4) is 0 Å². The van der Waals surface area contributed by atoms with Gasteiger partial charge in [-0.1, -0.05) is 0 Å². The molecule has 0 aromatic heterocycles. The minimum absolute atomic E-state index is 0.107. The van der Waals surface area contributed by atoms with E-state index in [0.717, 1.165) is 32.1 Å². The number of rotatable bonds is 1. The van der Waals surface area contributed by atoms with E-state index >= 15 is 0 Å². The molecule has 134 valence electrons. The lowest BCUT2D eigenvalue weighted by atomic mass is 9.55. The van der Waals surface area contributed by atoms with Crippen LogP contribution in [-0.2, 0) is 19.0 Å². The smallest absolute Gasteiger partial charge is 0.168 e. The summed E-state index contributed by atoms with van der Waals surface area (Å²) in [5.74, 6) is 2.18. The number of aldehydes is 1. The predicted molar refractivity (Wildman–Crippen MR) is 95.2 cm³/mol. The first-order valence-corrected chi connectivity index (χ1v) is 11.3. The Bertz CT molecular complexity index is 551. The maximum absolute atomic E-state index is 12.5. The molecule has 0 aromatic rings. The van der Waals surface area contributed by atoms with Crippen molar-refractivity contribution in [3.05, 3.63) is 0 Å². The van der Waals surface area contributed by atoms with E-state index in [0.29, 0.717) is 24.4 Å². The van der Waals surface area contributed by atoms with Crippen molar-refractivity contribution >= 4 is 29.8 Å². The van der Waals surface area contributed by atoms with Gasteiger partial charge in [-0.15, -0.1) is 11.8 Å². The van der Waals surface area contributed by atoms with Gasteiger partial charge < -0.3 is 19.0 Å². The molecule has 2 spiro atoms. The quantitative estimate of drug-likeness (QED) is 0.661. The van der Waals surface area contributed by atoms with Gasteiger partial charge in [-0.05, 0) is 50.0 Å². The summed E-state index contributed by atoms with van der Waals surface area (Å²) in [6.45, 7) is 3.57. The minimum Gasteiger partial charge on any atom is -0.356 e. The lowest BCUT2D eigenvalue weighted by Gasteiger charge is -2.61. The maximum atomic E-state index is 12.5. The van der Waals surface area contributed by atoms with E-state index in [2.05, 4.69) is 6.92 Å². The summed E-state index contributed by atoms with van der Waals surface area (Å²) in [6.07, 6.45) is 7.06. The second-order valence-electron chi connectivity index (χ2n) is 8.21. The van der Waals surface area contributed by atoms with Gasteiger partial charge in [0.05, 0.1) is 24.2 Å². The Kier molecular flexibility index (Phi) is 3.68. The van der Waals surface area contributed by atoms with Crippen molar-refractivity contribution < 1.29 is 19.0 Å². The molecule has 1 aliphatic carbocycles. The Hall–Kier alpha value is 0.250. The molecule has 5 rings (SSSR count). The zero-order chi connectivity index (χ0) is 16.5. The lowest BCUT2D eigenvalue weighted by Crippen LogP contribution is -2.66. The van der Waals surface area contributed by atoms with Gasteiger partial charge in [0.25, 0.3) is 0 Å². The van der Waals surface area contributed by atoms with Crippen molar-refractivity contribution in [1.29, 1.82) is 0 Å². The molecular weight excluding hydrogens is 344 g/mol. The largest absolute Gasteiger partial charge is 0.356 e. The topological polar surface area (TPSA) is 44.8 Å². The van der Waals surface area contributed by atoms with Gasteiger partial charge in [0, 0.05) is 18.1 Å². The summed E-state index contributed by atoms with van der Waals surface area (Å²) in [6, 6.07) is 0. The molecule has 5 fully saturated rings. The SMILES string of the molecule is C[C@@]12CC[C@]3(O1)SCCCS[C@H]3[C@H]1CC3(CC[C@@]12C=O)OCCO3. The molecule has 6 heteroatoms. The Balaban J connectivity index is 1.60. The zero-order valence-corrected chi connectivity index (χ0v) is 15.9. The number of ether oxygens (including phenoxy) is 3. The van der Waals surface area contributed by atoms with E-state index < -0.39 is 5.79 Å². The highest BCUT2D eigenvalue weighted by atomic mass is 32.2. The number of carbonyl (C=O) groups is 1. The van der Waals surface area contributed by atoms with Crippen LogP contribution in [0.5, 0.6) is 0 Å². The molecule has 2 bridgehead atoms. The minimum atomic E-state index is -0.441. The molecule has 4 aliphatic heterocycles. The fourth-order valence-electron chi connectivity index (χ4n) is 5.94. The van der Waals surface area contributed by atoms with Crippen LogP contribution in [-0.4, -0.2) is 52.6 Å². The Morgan fingerprint density at radius 1 is 1.08 bits per heavy atom. The molecule has 0 aromatic carbocycles. The van der Waals surface area contributed by atoms with Crippen LogP contribution >= 0.6 is 23.5 Å². The summed E-state index contributed by atoms with van der Waals surface area (Å²) in [5.41, 5.74) is -0.704. The van der Waals surface area contributed by atoms with Crippen LogP contribution < -0.4 is 0 Å². The molecule has 0 N–H and O–H groups in total. The monoisotopic (exact) mass is 370 g/mol. The highest BCUT2D eigenvalue weighted by Gasteiger charge is 2.73. The first-order valence-electron chi connectivity index (χ1n) is 9.27. The van der Waals surface area contributed by atoms with Crippen molar-refractivity contribution in [2.75, 3.05) is 24.7 Å². The van der Waals surface area contributed by atoms with Crippen molar-refractivity contribution in [2.24, 2.45) is 11.3 Å². The van der Waals surface area contributed by atoms with Gasteiger partial charge in [-0.2, -0.15) is 11.8 Å². The van der Waals surface area contributed by atoms with Crippen LogP contribution in [0.2, 0.25) is 0 Å². The second kappa shape index (κ2) is 5.38. The molecule has 4 nitrogen and oxygen atoms in total. The molecule has 4 saturated heterocycles. The van der Waals surface area contributed by atoms with Crippen molar-refractivity contribution in [3.8, 4) is 0 Å². The van der Waals surface area contributed by atoms with E-state index in [1.807, 2.05) is 23.5 Å². The fraction of sp³-hybridized carbons (Fsp3) is 0.944. The summed E-state index contributed by atoms with van der Waals surface area (Å²) < 4.78 is 18.9. The third kappa shape index (κ3) is 1.98. The molecule has 5 aliphatic rings. The molecule has 24 heavy (non-hydrogen) atoms. The molecule has 0 radical (unpaired) electrons. The summed E-state index contributed by atoms with van der Waals surface area (Å²) >= 11 is 4.05. The number of hydrogen-bond acceptors (Lipinski definition) is 6. The van der Waals surface area contributed by atoms with Crippen LogP contribution in [0.25, 0.3) is 0 Å². The van der Waals surface area contributed by atoms with Gasteiger partial charge in [0.2, 0.25) is 0 Å². The lowest BCUT2D eigenvalue weighted by molar-refractivity contribution is -0.254. The number of hydrogen-bond donors (Lipinski definition) is 0. The average Bonchev–Trinajstić information content (AvgIpc) is 3.08. The first kappa shape index (κ1) is 16.4. The molecule has 0 amide bonds. The van der Waals surface area contributed by atoms with Crippen LogP contribution in [0, 0.1) is 11.3 Å². The average molecular weight is 371 g/mol. The normalized spacial score (nSPS) is 52.5. The van der Waals surface area contributed by atoms with Gasteiger partial charge in [0.1, 0.15) is 11.2 Å².